The average molecular weight is 495 g/mol. The summed E-state index contributed by atoms with van der Waals surface area (Å²) in [6.07, 6.45) is 3.30. The summed E-state index contributed by atoms with van der Waals surface area (Å²) in [4.78, 5) is 20.5. The minimum Gasteiger partial charge on any atom is -0.491 e. The molecule has 4 heterocycles. The van der Waals surface area contributed by atoms with Gasteiger partial charge in [0, 0.05) is 53.7 Å². The maximum absolute atomic E-state index is 13.5. The maximum Gasteiger partial charge on any atom is 0.222 e. The largest absolute Gasteiger partial charge is 0.491 e. The molecular formula is C29H27FN6O. The van der Waals surface area contributed by atoms with Crippen molar-refractivity contribution in [3.05, 3.63) is 88.6 Å². The zero-order chi connectivity index (χ0) is 25.5. The lowest BCUT2D eigenvalue weighted by molar-refractivity contribution is 0.331. The van der Waals surface area contributed by atoms with E-state index < -0.39 is 0 Å². The summed E-state index contributed by atoms with van der Waals surface area (Å²) in [5.74, 6) is 1.61. The van der Waals surface area contributed by atoms with Crippen molar-refractivity contribution in [3.8, 4) is 16.9 Å². The molecule has 0 atom stereocenters. The highest BCUT2D eigenvalue weighted by Crippen LogP contribution is 2.35. The monoisotopic (exact) mass is 494 g/mol. The van der Waals surface area contributed by atoms with Gasteiger partial charge in [0.1, 0.15) is 24.0 Å². The maximum atomic E-state index is 13.5. The van der Waals surface area contributed by atoms with E-state index in [0.29, 0.717) is 26.1 Å². The van der Waals surface area contributed by atoms with Gasteiger partial charge < -0.3 is 15.4 Å². The second kappa shape index (κ2) is 9.28. The topological polar surface area (TPSA) is 89.5 Å². The van der Waals surface area contributed by atoms with Crippen LogP contribution in [0.5, 0.6) is 5.75 Å². The van der Waals surface area contributed by atoms with Gasteiger partial charge in [-0.2, -0.15) is 4.98 Å². The molecule has 2 aromatic heterocycles. The quantitative estimate of drug-likeness (QED) is 0.419. The zero-order valence-corrected chi connectivity index (χ0v) is 20.8. The number of benzene rings is 2. The first-order valence-electron chi connectivity index (χ1n) is 12.3. The van der Waals surface area contributed by atoms with Gasteiger partial charge >= 0.3 is 0 Å². The molecule has 4 aromatic rings. The molecule has 0 radical (unpaired) electrons. The van der Waals surface area contributed by atoms with Crippen molar-refractivity contribution < 1.29 is 9.13 Å². The molecule has 0 aliphatic carbocycles. The van der Waals surface area contributed by atoms with E-state index in [9.17, 15) is 4.39 Å². The van der Waals surface area contributed by atoms with Crippen molar-refractivity contribution in [3.63, 3.8) is 0 Å². The number of pyridine rings is 1. The third-order valence-electron chi connectivity index (χ3n) is 6.86. The summed E-state index contributed by atoms with van der Waals surface area (Å²) < 4.78 is 19.6. The van der Waals surface area contributed by atoms with E-state index in [2.05, 4.69) is 43.0 Å². The number of rotatable bonds is 4. The second-order valence-electron chi connectivity index (χ2n) is 9.58. The molecule has 0 amide bonds. The highest BCUT2D eigenvalue weighted by Gasteiger charge is 2.23. The van der Waals surface area contributed by atoms with Gasteiger partial charge in [-0.05, 0) is 55.3 Å². The predicted octanol–water partition coefficient (Wildman–Crippen LogP) is 5.21. The molecule has 2 aliphatic heterocycles. The van der Waals surface area contributed by atoms with Crippen LogP contribution in [0.15, 0.2) is 59.7 Å². The zero-order valence-electron chi connectivity index (χ0n) is 20.8. The highest BCUT2D eigenvalue weighted by atomic mass is 19.1. The number of nitrogens with two attached hydrogens (primary N) is 1. The van der Waals surface area contributed by atoms with Crippen LogP contribution in [0.1, 0.15) is 35.0 Å². The lowest BCUT2D eigenvalue weighted by Gasteiger charge is -2.25. The molecule has 0 saturated carbocycles. The Kier molecular flexibility index (Phi) is 5.79. The van der Waals surface area contributed by atoms with Gasteiger partial charge in [0.15, 0.2) is 0 Å². The fraction of sp³-hybridized carbons (Fsp3) is 0.241. The number of anilines is 2. The molecule has 0 saturated heterocycles. The van der Waals surface area contributed by atoms with Gasteiger partial charge in [0.2, 0.25) is 5.95 Å². The van der Waals surface area contributed by atoms with E-state index in [-0.39, 0.29) is 11.8 Å². The number of aryl methyl sites for hydroxylation is 1. The number of aromatic nitrogens is 3. The SMILES string of the molecule is CC1=Nc2cc(-c3ccc4c(c3)CN(c3nc(N)nc(C)c3Cc3ccc(F)cc3)CCO4)cnc2C1. The fourth-order valence-corrected chi connectivity index (χ4v) is 4.99. The number of hydrogen-bond donors (Lipinski definition) is 1. The standard InChI is InChI=1S/C29H27FN6O/c1-17-11-25-26(33-17)14-21(15-32-25)20-5-8-27-22(13-20)16-36(9-10-37-27)28-24(18(2)34-29(31)35-28)12-19-3-6-23(30)7-4-19/h3-8,13-15H,9-12,16H2,1-2H3,(H2,31,34,35). The number of fused-ring (bicyclic) bond motifs is 2. The third kappa shape index (κ3) is 4.62. The molecule has 0 fully saturated rings. The smallest absolute Gasteiger partial charge is 0.222 e. The van der Waals surface area contributed by atoms with Crippen molar-refractivity contribution in [1.82, 2.24) is 15.0 Å². The highest BCUT2D eigenvalue weighted by molar-refractivity contribution is 5.92. The molecule has 2 N–H and O–H groups in total. The van der Waals surface area contributed by atoms with Gasteiger partial charge in [0.25, 0.3) is 0 Å². The lowest BCUT2D eigenvalue weighted by Crippen LogP contribution is -2.28. The van der Waals surface area contributed by atoms with E-state index in [4.69, 9.17) is 10.5 Å². The second-order valence-corrected chi connectivity index (χ2v) is 9.58. The van der Waals surface area contributed by atoms with E-state index in [0.717, 1.165) is 68.6 Å². The van der Waals surface area contributed by atoms with Crippen LogP contribution in [0.25, 0.3) is 11.1 Å². The van der Waals surface area contributed by atoms with Crippen LogP contribution in [0.2, 0.25) is 0 Å². The van der Waals surface area contributed by atoms with Crippen LogP contribution in [0, 0.1) is 12.7 Å². The summed E-state index contributed by atoms with van der Waals surface area (Å²) in [5, 5.41) is 0. The lowest BCUT2D eigenvalue weighted by atomic mass is 10.0. The van der Waals surface area contributed by atoms with Crippen molar-refractivity contribution in [2.45, 2.75) is 33.2 Å². The van der Waals surface area contributed by atoms with Crippen molar-refractivity contribution in [1.29, 1.82) is 0 Å². The summed E-state index contributed by atoms with van der Waals surface area (Å²) in [7, 11) is 0. The molecule has 2 aromatic carbocycles. The first kappa shape index (κ1) is 23.1. The number of nitrogen functional groups attached to an aromatic ring is 1. The molecule has 2 aliphatic rings. The molecule has 7 nitrogen and oxygen atoms in total. The number of nitrogens with zero attached hydrogens (tertiary/aromatic N) is 5. The molecule has 186 valence electrons. The molecule has 0 bridgehead atoms. The summed E-state index contributed by atoms with van der Waals surface area (Å²) in [6.45, 7) is 5.73. The first-order valence-corrected chi connectivity index (χ1v) is 12.3. The Bertz CT molecular complexity index is 1530. The Labute approximate surface area is 214 Å². The van der Waals surface area contributed by atoms with E-state index >= 15 is 0 Å². The summed E-state index contributed by atoms with van der Waals surface area (Å²) in [5.41, 5.74) is 15.0. The molecule has 0 spiro atoms. The van der Waals surface area contributed by atoms with E-state index in [1.54, 1.807) is 12.1 Å². The Hall–Kier alpha value is -4.33. The van der Waals surface area contributed by atoms with Gasteiger partial charge in [-0.1, -0.05) is 18.2 Å². The third-order valence-corrected chi connectivity index (χ3v) is 6.86. The minimum absolute atomic E-state index is 0.231. The Morgan fingerprint density at radius 2 is 1.86 bits per heavy atom. The van der Waals surface area contributed by atoms with Crippen LogP contribution in [-0.2, 0) is 19.4 Å². The van der Waals surface area contributed by atoms with Crippen molar-refractivity contribution in [2.75, 3.05) is 23.8 Å². The summed E-state index contributed by atoms with van der Waals surface area (Å²) >= 11 is 0. The molecule has 6 rings (SSSR count). The van der Waals surface area contributed by atoms with Crippen LogP contribution in [0.4, 0.5) is 21.8 Å². The normalized spacial score (nSPS) is 14.5. The van der Waals surface area contributed by atoms with Crippen LogP contribution < -0.4 is 15.4 Å². The Balaban J connectivity index is 1.35. The van der Waals surface area contributed by atoms with Gasteiger partial charge in [0.05, 0.1) is 17.9 Å². The summed E-state index contributed by atoms with van der Waals surface area (Å²) in [6, 6.07) is 14.9. The van der Waals surface area contributed by atoms with Crippen LogP contribution >= 0.6 is 0 Å². The van der Waals surface area contributed by atoms with Gasteiger partial charge in [-0.3, -0.25) is 9.98 Å². The van der Waals surface area contributed by atoms with Crippen LogP contribution in [-0.4, -0.2) is 33.8 Å². The van der Waals surface area contributed by atoms with Gasteiger partial charge in [-0.25, -0.2) is 9.37 Å². The number of hydrogen-bond acceptors (Lipinski definition) is 7. The average Bonchev–Trinajstić information content (AvgIpc) is 3.12. The molecular weight excluding hydrogens is 467 g/mol. The number of halogens is 1. The van der Waals surface area contributed by atoms with Gasteiger partial charge in [-0.15, -0.1) is 0 Å². The molecule has 37 heavy (non-hydrogen) atoms. The van der Waals surface area contributed by atoms with Crippen LogP contribution in [0.3, 0.4) is 0 Å². The van der Waals surface area contributed by atoms with E-state index in [1.165, 1.54) is 12.1 Å². The predicted molar refractivity (Wildman–Crippen MR) is 143 cm³/mol. The molecule has 8 heteroatoms. The van der Waals surface area contributed by atoms with E-state index in [1.807, 2.05) is 26.1 Å². The molecule has 0 unspecified atom stereocenters. The fourth-order valence-electron chi connectivity index (χ4n) is 4.99. The Morgan fingerprint density at radius 1 is 1.03 bits per heavy atom. The number of ether oxygens (including phenoxy) is 1. The number of aliphatic imine (C=N–C) groups is 1. The first-order chi connectivity index (χ1) is 17.9. The van der Waals surface area contributed by atoms with Crippen molar-refractivity contribution in [2.24, 2.45) is 4.99 Å². The minimum atomic E-state index is -0.258. The van der Waals surface area contributed by atoms with Crippen molar-refractivity contribution >= 4 is 23.2 Å². The Morgan fingerprint density at radius 3 is 2.70 bits per heavy atom.